The molecule has 1 fully saturated rings. The number of amides is 1. The second kappa shape index (κ2) is 9.07. The summed E-state index contributed by atoms with van der Waals surface area (Å²) in [5.74, 6) is 0.193. The summed E-state index contributed by atoms with van der Waals surface area (Å²) in [5.41, 5.74) is 3.22. The van der Waals surface area contributed by atoms with Gasteiger partial charge in [-0.25, -0.2) is 13.8 Å². The smallest absolute Gasteiger partial charge is 0.272 e. The van der Waals surface area contributed by atoms with Crippen LogP contribution < -0.4 is 10.1 Å². The number of nitrogens with one attached hydrogen (secondary N) is 1. The Morgan fingerprint density at radius 3 is 2.69 bits per heavy atom. The van der Waals surface area contributed by atoms with E-state index in [0.29, 0.717) is 17.0 Å². The number of aryl methyl sites for hydroxylation is 1. The molecule has 0 atom stereocenters. The quantitative estimate of drug-likeness (QED) is 0.694. The number of ketones is 1. The van der Waals surface area contributed by atoms with E-state index in [1.54, 1.807) is 19.1 Å². The molecule has 0 spiro atoms. The lowest BCUT2D eigenvalue weighted by Crippen LogP contribution is -2.23. The van der Waals surface area contributed by atoms with Crippen LogP contribution in [0.2, 0.25) is 0 Å². The summed E-state index contributed by atoms with van der Waals surface area (Å²) in [7, 11) is 0. The van der Waals surface area contributed by atoms with E-state index in [1.807, 2.05) is 6.07 Å². The molecule has 2 heterocycles. The van der Waals surface area contributed by atoms with Crippen LogP contribution in [0.5, 0.6) is 5.88 Å². The molecule has 0 radical (unpaired) electrons. The Kier molecular flexibility index (Phi) is 6.51. The van der Waals surface area contributed by atoms with Gasteiger partial charge in [0.05, 0.1) is 0 Å². The zero-order chi connectivity index (χ0) is 21.0. The van der Waals surface area contributed by atoms with Gasteiger partial charge in [-0.15, -0.1) is 0 Å². The average Bonchev–Trinajstić information content (AvgIpc) is 3.48. The van der Waals surface area contributed by atoms with Crippen molar-refractivity contribution >= 4 is 11.7 Å². The predicted molar refractivity (Wildman–Crippen MR) is 102 cm³/mol. The number of carbonyl (C=O) groups is 2. The van der Waals surface area contributed by atoms with Crippen molar-refractivity contribution in [2.24, 2.45) is 0 Å². The first kappa shape index (κ1) is 20.8. The lowest BCUT2D eigenvalue weighted by molar-refractivity contribution is -0.116. The van der Waals surface area contributed by atoms with Crippen LogP contribution in [0.1, 0.15) is 58.6 Å². The van der Waals surface area contributed by atoms with Gasteiger partial charge >= 0.3 is 0 Å². The van der Waals surface area contributed by atoms with Crippen LogP contribution in [-0.4, -0.2) is 34.7 Å². The second-order valence-electron chi connectivity index (χ2n) is 7.26. The van der Waals surface area contributed by atoms with E-state index in [0.717, 1.165) is 24.0 Å². The van der Waals surface area contributed by atoms with Crippen molar-refractivity contribution in [1.82, 2.24) is 15.3 Å². The van der Waals surface area contributed by atoms with Crippen LogP contribution in [-0.2, 0) is 17.8 Å². The number of pyridine rings is 2. The van der Waals surface area contributed by atoms with E-state index in [9.17, 15) is 18.4 Å². The van der Waals surface area contributed by atoms with E-state index in [-0.39, 0.29) is 36.5 Å². The number of Topliss-reactive ketones (excluding diaryl/α,β-unsaturated/α-hetero) is 1. The normalized spacial score (nSPS) is 13.4. The van der Waals surface area contributed by atoms with Gasteiger partial charge in [-0.05, 0) is 56.4 Å². The maximum Gasteiger partial charge on any atom is 0.272 e. The molecule has 0 unspecified atom stereocenters. The Labute approximate surface area is 167 Å². The van der Waals surface area contributed by atoms with Gasteiger partial charge in [0.1, 0.15) is 5.78 Å². The van der Waals surface area contributed by atoms with Crippen molar-refractivity contribution in [3.63, 3.8) is 0 Å². The van der Waals surface area contributed by atoms with Crippen LogP contribution in [0.3, 0.4) is 0 Å². The number of rotatable bonds is 9. The number of ether oxygens (including phenoxy) is 1. The number of hydrogen-bond donors (Lipinski definition) is 1. The largest absolute Gasteiger partial charge is 0.471 e. The first-order valence-corrected chi connectivity index (χ1v) is 9.46. The maximum absolute atomic E-state index is 12.5. The van der Waals surface area contributed by atoms with Gasteiger partial charge < -0.3 is 10.1 Å². The molecule has 0 aliphatic heterocycles. The molecule has 0 bridgehead atoms. The summed E-state index contributed by atoms with van der Waals surface area (Å²) in [5, 5.41) is 2.83. The van der Waals surface area contributed by atoms with Crippen LogP contribution in [0.25, 0.3) is 0 Å². The molecule has 1 N–H and O–H groups in total. The third-order valence-corrected chi connectivity index (χ3v) is 4.45. The molecule has 1 amide bonds. The van der Waals surface area contributed by atoms with Crippen molar-refractivity contribution in [1.29, 1.82) is 0 Å². The highest BCUT2D eigenvalue weighted by Crippen LogP contribution is 2.43. The Bertz CT molecular complexity index is 914. The Hall–Kier alpha value is -2.90. The lowest BCUT2D eigenvalue weighted by atomic mass is 10.1. The molecule has 1 saturated carbocycles. The van der Waals surface area contributed by atoms with Crippen LogP contribution in [0.4, 0.5) is 8.78 Å². The fraction of sp³-hybridized carbons (Fsp3) is 0.429. The van der Waals surface area contributed by atoms with Gasteiger partial charge in [0.15, 0.2) is 6.61 Å². The SMILES string of the molecule is CC(=O)Cc1cc(C(=O)NCc2cnc(OCC(F)F)c(C3CC3)c2)cc(C)n1. The van der Waals surface area contributed by atoms with Crippen LogP contribution >= 0.6 is 0 Å². The Morgan fingerprint density at radius 1 is 1.28 bits per heavy atom. The van der Waals surface area contributed by atoms with Crippen molar-refractivity contribution in [2.45, 2.75) is 52.0 Å². The van der Waals surface area contributed by atoms with E-state index in [2.05, 4.69) is 15.3 Å². The zero-order valence-corrected chi connectivity index (χ0v) is 16.4. The molecule has 29 heavy (non-hydrogen) atoms. The number of carbonyl (C=O) groups excluding carboxylic acids is 2. The number of alkyl halides is 2. The van der Waals surface area contributed by atoms with Gasteiger partial charge in [-0.2, -0.15) is 0 Å². The fourth-order valence-corrected chi connectivity index (χ4v) is 3.06. The zero-order valence-electron chi connectivity index (χ0n) is 16.4. The van der Waals surface area contributed by atoms with Crippen molar-refractivity contribution in [3.05, 3.63) is 52.5 Å². The summed E-state index contributed by atoms with van der Waals surface area (Å²) < 4.78 is 30.0. The Morgan fingerprint density at radius 2 is 2.03 bits per heavy atom. The van der Waals surface area contributed by atoms with E-state index >= 15 is 0 Å². The molecule has 154 valence electrons. The van der Waals surface area contributed by atoms with E-state index in [1.165, 1.54) is 13.1 Å². The van der Waals surface area contributed by atoms with E-state index < -0.39 is 13.0 Å². The van der Waals surface area contributed by atoms with Crippen molar-refractivity contribution < 1.29 is 23.1 Å². The minimum Gasteiger partial charge on any atom is -0.471 e. The first-order valence-electron chi connectivity index (χ1n) is 9.46. The molecule has 2 aromatic heterocycles. The highest BCUT2D eigenvalue weighted by molar-refractivity contribution is 5.94. The molecule has 2 aromatic rings. The van der Waals surface area contributed by atoms with Gasteiger partial charge in [0.25, 0.3) is 12.3 Å². The second-order valence-corrected chi connectivity index (χ2v) is 7.26. The topological polar surface area (TPSA) is 81.2 Å². The summed E-state index contributed by atoms with van der Waals surface area (Å²) in [6.07, 6.45) is 1.08. The lowest BCUT2D eigenvalue weighted by Gasteiger charge is -2.12. The summed E-state index contributed by atoms with van der Waals surface area (Å²) in [4.78, 5) is 32.3. The minimum absolute atomic E-state index is 0.0257. The number of halogens is 2. The van der Waals surface area contributed by atoms with Gasteiger partial charge in [0, 0.05) is 41.7 Å². The Balaban J connectivity index is 1.68. The highest BCUT2D eigenvalue weighted by atomic mass is 19.3. The highest BCUT2D eigenvalue weighted by Gasteiger charge is 2.28. The first-order chi connectivity index (χ1) is 13.8. The number of nitrogens with zero attached hydrogens (tertiary/aromatic N) is 2. The molecule has 0 aromatic carbocycles. The molecule has 6 nitrogen and oxygen atoms in total. The molecule has 3 rings (SSSR count). The minimum atomic E-state index is -2.56. The monoisotopic (exact) mass is 403 g/mol. The molecular weight excluding hydrogens is 380 g/mol. The van der Waals surface area contributed by atoms with Crippen LogP contribution in [0.15, 0.2) is 24.4 Å². The van der Waals surface area contributed by atoms with Gasteiger partial charge in [-0.3, -0.25) is 14.6 Å². The van der Waals surface area contributed by atoms with Gasteiger partial charge in [-0.1, -0.05) is 0 Å². The average molecular weight is 403 g/mol. The summed E-state index contributed by atoms with van der Waals surface area (Å²) in [6.45, 7) is 2.80. The van der Waals surface area contributed by atoms with Crippen molar-refractivity contribution in [3.8, 4) is 5.88 Å². The molecule has 1 aliphatic carbocycles. The predicted octanol–water partition coefficient (Wildman–Crippen LogP) is 3.37. The summed E-state index contributed by atoms with van der Waals surface area (Å²) >= 11 is 0. The van der Waals surface area contributed by atoms with E-state index in [4.69, 9.17) is 4.74 Å². The molecule has 1 aliphatic rings. The van der Waals surface area contributed by atoms with Crippen molar-refractivity contribution in [2.75, 3.05) is 6.61 Å². The van der Waals surface area contributed by atoms with Gasteiger partial charge in [0.2, 0.25) is 5.88 Å². The third kappa shape index (κ3) is 6.04. The number of aromatic nitrogens is 2. The maximum atomic E-state index is 12.5. The fourth-order valence-electron chi connectivity index (χ4n) is 3.06. The third-order valence-electron chi connectivity index (χ3n) is 4.45. The molecule has 0 saturated heterocycles. The standard InChI is InChI=1S/C21H23F2N3O3/c1-12-5-16(8-17(26-12)6-13(2)27)20(28)24-9-14-7-18(15-3-4-15)21(25-10-14)29-11-19(22)23/h5,7-8,10,15,19H,3-4,6,9,11H2,1-2H3,(H,24,28). The number of hydrogen-bond acceptors (Lipinski definition) is 5. The summed E-state index contributed by atoms with van der Waals surface area (Å²) in [6, 6.07) is 5.12. The molecular formula is C21H23F2N3O3. The van der Waals surface area contributed by atoms with Crippen LogP contribution in [0, 0.1) is 6.92 Å². The molecule has 8 heteroatoms.